The number of fused-ring (bicyclic) bond motifs is 1. The van der Waals surface area contributed by atoms with Gasteiger partial charge in [0.15, 0.2) is 11.5 Å². The monoisotopic (exact) mass is 312 g/mol. The molecule has 1 saturated carbocycles. The highest BCUT2D eigenvalue weighted by molar-refractivity contribution is 6.01. The second kappa shape index (κ2) is 7.19. The first-order valence-corrected chi connectivity index (χ1v) is 8.08. The summed E-state index contributed by atoms with van der Waals surface area (Å²) < 4.78 is 10.6. The zero-order chi connectivity index (χ0) is 16.1. The van der Waals surface area contributed by atoms with E-state index in [0.29, 0.717) is 11.5 Å². The lowest BCUT2D eigenvalue weighted by Gasteiger charge is -2.15. The van der Waals surface area contributed by atoms with Crippen molar-refractivity contribution in [3.05, 3.63) is 29.3 Å². The van der Waals surface area contributed by atoms with Crippen LogP contribution in [0.15, 0.2) is 23.8 Å². The van der Waals surface area contributed by atoms with Crippen molar-refractivity contribution in [1.29, 1.82) is 5.26 Å². The van der Waals surface area contributed by atoms with E-state index in [1.54, 1.807) is 18.2 Å². The highest BCUT2D eigenvalue weighted by Crippen LogP contribution is 2.33. The molecule has 23 heavy (non-hydrogen) atoms. The first-order valence-electron chi connectivity index (χ1n) is 8.08. The number of carbonyl (C=O) groups excluding carboxylic acids is 1. The predicted octanol–water partition coefficient (Wildman–Crippen LogP) is 3.16. The topological polar surface area (TPSA) is 71.3 Å². The first kappa shape index (κ1) is 15.4. The number of hydrogen-bond donors (Lipinski definition) is 1. The second-order valence-corrected chi connectivity index (χ2v) is 5.94. The van der Waals surface area contributed by atoms with Crippen LogP contribution in [0.3, 0.4) is 0 Å². The van der Waals surface area contributed by atoms with Gasteiger partial charge in [-0.15, -0.1) is 0 Å². The molecule has 5 nitrogen and oxygen atoms in total. The normalized spacial score (nSPS) is 18.1. The maximum absolute atomic E-state index is 12.3. The maximum Gasteiger partial charge on any atom is 0.262 e. The lowest BCUT2D eigenvalue weighted by atomic mass is 10.1. The molecule has 1 aromatic carbocycles. The number of nitrogens with one attached hydrogen (secondary N) is 1. The zero-order valence-electron chi connectivity index (χ0n) is 13.0. The molecule has 1 fully saturated rings. The van der Waals surface area contributed by atoms with Gasteiger partial charge in [0.2, 0.25) is 6.79 Å². The summed E-state index contributed by atoms with van der Waals surface area (Å²) in [7, 11) is 0. The minimum absolute atomic E-state index is 0.119. The molecule has 1 amide bonds. The largest absolute Gasteiger partial charge is 0.454 e. The molecular weight excluding hydrogens is 292 g/mol. The van der Waals surface area contributed by atoms with E-state index in [2.05, 4.69) is 5.32 Å². The minimum atomic E-state index is -0.294. The Hall–Kier alpha value is -2.48. The number of amides is 1. The van der Waals surface area contributed by atoms with Gasteiger partial charge in [0.05, 0.1) is 0 Å². The fourth-order valence-electron chi connectivity index (χ4n) is 3.01. The summed E-state index contributed by atoms with van der Waals surface area (Å²) in [6.07, 6.45) is 8.31. The van der Waals surface area contributed by atoms with Crippen LogP contribution in [0.5, 0.6) is 11.5 Å². The van der Waals surface area contributed by atoms with Crippen LogP contribution in [0.4, 0.5) is 0 Å². The molecule has 5 heteroatoms. The number of benzene rings is 1. The van der Waals surface area contributed by atoms with Gasteiger partial charge in [0.25, 0.3) is 5.91 Å². The zero-order valence-corrected chi connectivity index (χ0v) is 13.0. The quantitative estimate of drug-likeness (QED) is 0.529. The summed E-state index contributed by atoms with van der Waals surface area (Å²) in [5.41, 5.74) is 0.870. The Labute approximate surface area is 135 Å². The Morgan fingerprint density at radius 1 is 1.17 bits per heavy atom. The van der Waals surface area contributed by atoms with Gasteiger partial charge < -0.3 is 14.8 Å². The van der Waals surface area contributed by atoms with Crippen LogP contribution in [0.2, 0.25) is 0 Å². The average Bonchev–Trinajstić information content (AvgIpc) is 2.88. The van der Waals surface area contributed by atoms with Gasteiger partial charge >= 0.3 is 0 Å². The molecule has 0 atom stereocenters. The molecule has 1 N–H and O–H groups in total. The van der Waals surface area contributed by atoms with E-state index in [0.717, 1.165) is 31.2 Å². The molecule has 1 heterocycles. The summed E-state index contributed by atoms with van der Waals surface area (Å²) in [5, 5.41) is 12.3. The summed E-state index contributed by atoms with van der Waals surface area (Å²) in [4.78, 5) is 12.3. The molecule has 1 aliphatic carbocycles. The SMILES string of the molecule is N#C/C(=C\c1ccc2c(c1)OCO2)C(=O)NC1CCCCCC1. The van der Waals surface area contributed by atoms with Crippen molar-refractivity contribution in [3.8, 4) is 17.6 Å². The molecule has 1 aliphatic heterocycles. The summed E-state index contributed by atoms with van der Waals surface area (Å²) in [6.45, 7) is 0.204. The lowest BCUT2D eigenvalue weighted by molar-refractivity contribution is -0.117. The average molecular weight is 312 g/mol. The van der Waals surface area contributed by atoms with Gasteiger partial charge in [-0.05, 0) is 36.6 Å². The summed E-state index contributed by atoms with van der Waals surface area (Å²) in [6, 6.07) is 7.55. The molecule has 0 saturated heterocycles. The Kier molecular flexibility index (Phi) is 4.82. The molecule has 0 bridgehead atoms. The smallest absolute Gasteiger partial charge is 0.262 e. The van der Waals surface area contributed by atoms with Crippen LogP contribution in [0.1, 0.15) is 44.1 Å². The molecule has 2 aliphatic rings. The third-order valence-electron chi connectivity index (χ3n) is 4.26. The Balaban J connectivity index is 1.70. The van der Waals surface area contributed by atoms with Crippen LogP contribution in [0, 0.1) is 11.3 Å². The number of nitriles is 1. The minimum Gasteiger partial charge on any atom is -0.454 e. The second-order valence-electron chi connectivity index (χ2n) is 5.94. The van der Waals surface area contributed by atoms with Gasteiger partial charge in [0, 0.05) is 6.04 Å². The highest BCUT2D eigenvalue weighted by atomic mass is 16.7. The summed E-state index contributed by atoms with van der Waals surface area (Å²) >= 11 is 0. The van der Waals surface area contributed by atoms with E-state index in [4.69, 9.17) is 9.47 Å². The first-order chi connectivity index (χ1) is 11.3. The third-order valence-corrected chi connectivity index (χ3v) is 4.26. The van der Waals surface area contributed by atoms with Crippen molar-refractivity contribution >= 4 is 12.0 Å². The van der Waals surface area contributed by atoms with Crippen molar-refractivity contribution < 1.29 is 14.3 Å². The van der Waals surface area contributed by atoms with E-state index in [1.807, 2.05) is 12.1 Å². The van der Waals surface area contributed by atoms with Gasteiger partial charge in [-0.1, -0.05) is 31.7 Å². The van der Waals surface area contributed by atoms with Crippen molar-refractivity contribution in [1.82, 2.24) is 5.32 Å². The Morgan fingerprint density at radius 2 is 1.91 bits per heavy atom. The van der Waals surface area contributed by atoms with Crippen LogP contribution in [-0.2, 0) is 4.79 Å². The van der Waals surface area contributed by atoms with Gasteiger partial charge in [-0.2, -0.15) is 5.26 Å². The van der Waals surface area contributed by atoms with Crippen LogP contribution >= 0.6 is 0 Å². The Bertz CT molecular complexity index is 653. The molecule has 0 radical (unpaired) electrons. The standard InChI is InChI=1S/C18H20N2O3/c19-11-14(18(21)20-15-5-3-1-2-4-6-15)9-13-7-8-16-17(10-13)23-12-22-16/h7-10,15H,1-6,12H2,(H,20,21)/b14-9+. The fourth-order valence-corrected chi connectivity index (χ4v) is 3.01. The third kappa shape index (κ3) is 3.84. The number of carbonyl (C=O) groups is 1. The molecule has 120 valence electrons. The fraction of sp³-hybridized carbons (Fsp3) is 0.444. The van der Waals surface area contributed by atoms with E-state index in [-0.39, 0.29) is 24.3 Å². The van der Waals surface area contributed by atoms with E-state index >= 15 is 0 Å². The molecule has 0 spiro atoms. The van der Waals surface area contributed by atoms with E-state index in [1.165, 1.54) is 12.8 Å². The number of hydrogen-bond acceptors (Lipinski definition) is 4. The van der Waals surface area contributed by atoms with E-state index < -0.39 is 0 Å². The van der Waals surface area contributed by atoms with Crippen LogP contribution < -0.4 is 14.8 Å². The molecule has 1 aromatic rings. The van der Waals surface area contributed by atoms with Gasteiger partial charge in [-0.25, -0.2) is 0 Å². The highest BCUT2D eigenvalue weighted by Gasteiger charge is 2.18. The lowest BCUT2D eigenvalue weighted by Crippen LogP contribution is -2.35. The van der Waals surface area contributed by atoms with Gasteiger partial charge in [-0.3, -0.25) is 4.79 Å². The number of rotatable bonds is 3. The van der Waals surface area contributed by atoms with Crippen LogP contribution in [-0.4, -0.2) is 18.7 Å². The molecular formula is C18H20N2O3. The van der Waals surface area contributed by atoms with Crippen molar-refractivity contribution in [2.45, 2.75) is 44.6 Å². The maximum atomic E-state index is 12.3. The summed E-state index contributed by atoms with van der Waals surface area (Å²) in [5.74, 6) is 1.03. The van der Waals surface area contributed by atoms with E-state index in [9.17, 15) is 10.1 Å². The van der Waals surface area contributed by atoms with Gasteiger partial charge in [0.1, 0.15) is 11.6 Å². The predicted molar refractivity (Wildman–Crippen MR) is 85.8 cm³/mol. The van der Waals surface area contributed by atoms with Crippen molar-refractivity contribution in [2.24, 2.45) is 0 Å². The Morgan fingerprint density at radius 3 is 2.65 bits per heavy atom. The molecule has 0 unspecified atom stereocenters. The number of nitrogens with zero attached hydrogens (tertiary/aromatic N) is 1. The molecule has 3 rings (SSSR count). The van der Waals surface area contributed by atoms with Crippen LogP contribution in [0.25, 0.3) is 6.08 Å². The van der Waals surface area contributed by atoms with Crippen molar-refractivity contribution in [2.75, 3.05) is 6.79 Å². The van der Waals surface area contributed by atoms with Crippen molar-refractivity contribution in [3.63, 3.8) is 0 Å². The molecule has 0 aromatic heterocycles. The number of ether oxygens (including phenoxy) is 2.